The Balaban J connectivity index is 3.00. The van der Waals surface area contributed by atoms with E-state index in [0.29, 0.717) is 15.8 Å². The van der Waals surface area contributed by atoms with Crippen molar-refractivity contribution in [2.75, 3.05) is 7.11 Å². The monoisotopic (exact) mass is 357 g/mol. The summed E-state index contributed by atoms with van der Waals surface area (Å²) in [7, 11) is 1.53. The van der Waals surface area contributed by atoms with E-state index in [1.807, 2.05) is 13.8 Å². The van der Waals surface area contributed by atoms with Gasteiger partial charge in [-0.1, -0.05) is 26.8 Å². The third-order valence-corrected chi connectivity index (χ3v) is 4.08. The van der Waals surface area contributed by atoms with E-state index in [1.165, 1.54) is 7.11 Å². The van der Waals surface area contributed by atoms with E-state index in [2.05, 4.69) is 21.2 Å². The van der Waals surface area contributed by atoms with Crippen LogP contribution in [0.5, 0.6) is 5.75 Å². The number of benzene rings is 1. The van der Waals surface area contributed by atoms with Crippen molar-refractivity contribution in [3.05, 3.63) is 28.2 Å². The number of rotatable bonds is 6. The molecule has 0 saturated heterocycles. The number of halogens is 1. The van der Waals surface area contributed by atoms with E-state index in [9.17, 15) is 14.7 Å². The molecule has 5 nitrogen and oxygen atoms in total. The standard InChI is InChI=1S/C15H20BrNO4/c1-8(2)9(3)14(18)17-13(15(19)20)10-5-6-12(21-4)11(16)7-10/h5-9,13H,1-4H3,(H,17,18)(H,19,20). The number of carbonyl (C=O) groups is 2. The summed E-state index contributed by atoms with van der Waals surface area (Å²) in [4.78, 5) is 23.5. The van der Waals surface area contributed by atoms with Crippen LogP contribution in [0.3, 0.4) is 0 Å². The maximum atomic E-state index is 12.1. The van der Waals surface area contributed by atoms with Crippen molar-refractivity contribution in [3.63, 3.8) is 0 Å². The second-order valence-corrected chi connectivity index (χ2v) is 6.06. The molecule has 1 amide bonds. The summed E-state index contributed by atoms with van der Waals surface area (Å²) in [5.41, 5.74) is 0.486. The lowest BCUT2D eigenvalue weighted by atomic mass is 9.96. The van der Waals surface area contributed by atoms with E-state index < -0.39 is 12.0 Å². The van der Waals surface area contributed by atoms with Crippen LogP contribution in [0.25, 0.3) is 0 Å². The zero-order valence-corrected chi connectivity index (χ0v) is 14.1. The fraction of sp³-hybridized carbons (Fsp3) is 0.467. The number of carboxylic acid groups (broad SMARTS) is 1. The maximum absolute atomic E-state index is 12.1. The molecule has 0 spiro atoms. The van der Waals surface area contributed by atoms with Crippen LogP contribution in [-0.4, -0.2) is 24.1 Å². The van der Waals surface area contributed by atoms with Gasteiger partial charge in [0.2, 0.25) is 5.91 Å². The lowest BCUT2D eigenvalue weighted by Crippen LogP contribution is -2.38. The average molecular weight is 358 g/mol. The minimum atomic E-state index is -1.10. The molecule has 0 saturated carbocycles. The molecule has 116 valence electrons. The van der Waals surface area contributed by atoms with Gasteiger partial charge in [0.1, 0.15) is 5.75 Å². The van der Waals surface area contributed by atoms with Gasteiger partial charge in [0.15, 0.2) is 6.04 Å². The number of nitrogens with one attached hydrogen (secondary N) is 1. The van der Waals surface area contributed by atoms with Crippen molar-refractivity contribution in [2.24, 2.45) is 11.8 Å². The second-order valence-electron chi connectivity index (χ2n) is 5.21. The topological polar surface area (TPSA) is 75.6 Å². The quantitative estimate of drug-likeness (QED) is 0.820. The van der Waals surface area contributed by atoms with Gasteiger partial charge in [0.05, 0.1) is 11.6 Å². The first kappa shape index (κ1) is 17.5. The highest BCUT2D eigenvalue weighted by Gasteiger charge is 2.26. The molecule has 6 heteroatoms. The number of amides is 1. The molecule has 2 unspecified atom stereocenters. The molecular formula is C15H20BrNO4. The summed E-state index contributed by atoms with van der Waals surface area (Å²) < 4.78 is 5.75. The molecule has 0 aliphatic heterocycles. The van der Waals surface area contributed by atoms with Gasteiger partial charge in [-0.05, 0) is 39.5 Å². The van der Waals surface area contributed by atoms with Crippen LogP contribution in [0.2, 0.25) is 0 Å². The molecule has 2 N–H and O–H groups in total. The van der Waals surface area contributed by atoms with Gasteiger partial charge in [-0.25, -0.2) is 4.79 Å². The van der Waals surface area contributed by atoms with Gasteiger partial charge in [-0.2, -0.15) is 0 Å². The lowest BCUT2D eigenvalue weighted by molar-refractivity contribution is -0.142. The zero-order valence-electron chi connectivity index (χ0n) is 12.5. The number of aliphatic carboxylic acids is 1. The molecule has 0 radical (unpaired) electrons. The molecule has 0 heterocycles. The number of carbonyl (C=O) groups excluding carboxylic acids is 1. The molecule has 1 rings (SSSR count). The number of methoxy groups -OCH3 is 1. The van der Waals surface area contributed by atoms with Crippen LogP contribution < -0.4 is 10.1 Å². The van der Waals surface area contributed by atoms with E-state index in [4.69, 9.17) is 4.74 Å². The predicted molar refractivity (Wildman–Crippen MR) is 83.2 cm³/mol. The molecule has 1 aromatic rings. The van der Waals surface area contributed by atoms with Crippen LogP contribution in [0.1, 0.15) is 32.4 Å². The summed E-state index contributed by atoms with van der Waals surface area (Å²) in [6.07, 6.45) is 0. The second kappa shape index (κ2) is 7.45. The predicted octanol–water partition coefficient (Wildman–Crippen LogP) is 2.99. The number of carboxylic acids is 1. The Labute approximate surface area is 132 Å². The summed E-state index contributed by atoms with van der Waals surface area (Å²) in [5, 5.41) is 11.9. The first-order valence-electron chi connectivity index (χ1n) is 6.64. The lowest BCUT2D eigenvalue weighted by Gasteiger charge is -2.20. The molecule has 1 aromatic carbocycles. The number of ether oxygens (including phenoxy) is 1. The SMILES string of the molecule is COc1ccc(C(NC(=O)C(C)C(C)C)C(=O)O)cc1Br. The van der Waals surface area contributed by atoms with Gasteiger partial charge in [0, 0.05) is 5.92 Å². The minimum Gasteiger partial charge on any atom is -0.496 e. The van der Waals surface area contributed by atoms with Gasteiger partial charge >= 0.3 is 5.97 Å². The minimum absolute atomic E-state index is 0.141. The molecule has 21 heavy (non-hydrogen) atoms. The third kappa shape index (κ3) is 4.46. The normalized spacial score (nSPS) is 13.6. The van der Waals surface area contributed by atoms with E-state index >= 15 is 0 Å². The number of hydrogen-bond acceptors (Lipinski definition) is 3. The molecule has 0 aliphatic carbocycles. The summed E-state index contributed by atoms with van der Waals surface area (Å²) >= 11 is 3.31. The smallest absolute Gasteiger partial charge is 0.330 e. The van der Waals surface area contributed by atoms with Crippen molar-refractivity contribution in [1.82, 2.24) is 5.32 Å². The summed E-state index contributed by atoms with van der Waals surface area (Å²) in [6.45, 7) is 5.62. The van der Waals surface area contributed by atoms with Crippen LogP contribution in [0.15, 0.2) is 22.7 Å². The van der Waals surface area contributed by atoms with E-state index in [1.54, 1.807) is 25.1 Å². The Morgan fingerprint density at radius 3 is 2.33 bits per heavy atom. The Hall–Kier alpha value is -1.56. The van der Waals surface area contributed by atoms with Gasteiger partial charge in [-0.15, -0.1) is 0 Å². The van der Waals surface area contributed by atoms with Gasteiger partial charge in [0.25, 0.3) is 0 Å². The molecule has 0 fully saturated rings. The average Bonchev–Trinajstić information content (AvgIpc) is 2.42. The molecule has 0 aromatic heterocycles. The Morgan fingerprint density at radius 2 is 1.90 bits per heavy atom. The van der Waals surface area contributed by atoms with Crippen molar-refractivity contribution in [3.8, 4) is 5.75 Å². The van der Waals surface area contributed by atoms with Crippen LogP contribution in [-0.2, 0) is 9.59 Å². The van der Waals surface area contributed by atoms with Gasteiger partial charge in [-0.3, -0.25) is 4.79 Å². The summed E-state index contributed by atoms with van der Waals surface area (Å²) in [6, 6.07) is 3.84. The van der Waals surface area contributed by atoms with Crippen molar-refractivity contribution in [2.45, 2.75) is 26.8 Å². The third-order valence-electron chi connectivity index (χ3n) is 3.46. The molecule has 0 bridgehead atoms. The zero-order chi connectivity index (χ0) is 16.2. The largest absolute Gasteiger partial charge is 0.496 e. The first-order chi connectivity index (χ1) is 9.77. The number of hydrogen-bond donors (Lipinski definition) is 2. The fourth-order valence-corrected chi connectivity index (χ4v) is 2.28. The molecule has 0 aliphatic rings. The van der Waals surface area contributed by atoms with Crippen LogP contribution in [0, 0.1) is 11.8 Å². The fourth-order valence-electron chi connectivity index (χ4n) is 1.73. The Morgan fingerprint density at radius 1 is 1.29 bits per heavy atom. The van der Waals surface area contributed by atoms with Crippen LogP contribution in [0.4, 0.5) is 0 Å². The maximum Gasteiger partial charge on any atom is 0.330 e. The van der Waals surface area contributed by atoms with E-state index in [0.717, 1.165) is 0 Å². The van der Waals surface area contributed by atoms with Crippen molar-refractivity contribution < 1.29 is 19.4 Å². The van der Waals surface area contributed by atoms with Gasteiger partial charge < -0.3 is 15.2 Å². The van der Waals surface area contributed by atoms with Crippen molar-refractivity contribution >= 4 is 27.8 Å². The Kier molecular flexibility index (Phi) is 6.20. The highest BCUT2D eigenvalue weighted by Crippen LogP contribution is 2.28. The van der Waals surface area contributed by atoms with Crippen molar-refractivity contribution in [1.29, 1.82) is 0 Å². The van der Waals surface area contributed by atoms with E-state index in [-0.39, 0.29) is 17.7 Å². The molecule has 2 atom stereocenters. The Bertz CT molecular complexity index is 530. The molecular weight excluding hydrogens is 338 g/mol. The van der Waals surface area contributed by atoms with Crippen LogP contribution >= 0.6 is 15.9 Å². The first-order valence-corrected chi connectivity index (χ1v) is 7.43. The highest BCUT2D eigenvalue weighted by molar-refractivity contribution is 9.10. The highest BCUT2D eigenvalue weighted by atomic mass is 79.9. The summed E-state index contributed by atoms with van der Waals surface area (Å²) in [5.74, 6) is -0.888.